The van der Waals surface area contributed by atoms with E-state index in [-0.39, 0.29) is 5.91 Å². The summed E-state index contributed by atoms with van der Waals surface area (Å²) in [4.78, 5) is 22.0. The average Bonchev–Trinajstić information content (AvgIpc) is 3.46. The second kappa shape index (κ2) is 10.1. The first-order chi connectivity index (χ1) is 17.5. The minimum Gasteiger partial charge on any atom is -0.313 e. The zero-order chi connectivity index (χ0) is 24.6. The van der Waals surface area contributed by atoms with Gasteiger partial charge in [0.25, 0.3) is 5.91 Å². The van der Waals surface area contributed by atoms with Gasteiger partial charge in [-0.15, -0.1) is 22.7 Å². The Kier molecular flexibility index (Phi) is 6.67. The van der Waals surface area contributed by atoms with Crippen molar-refractivity contribution < 1.29 is 4.79 Å². The number of thiophene rings is 1. The number of fused-ring (bicyclic) bond motifs is 2. The lowest BCUT2D eigenvalue weighted by Gasteiger charge is -2.27. The maximum atomic E-state index is 13.3. The van der Waals surface area contributed by atoms with Crippen molar-refractivity contribution in [3.63, 3.8) is 0 Å². The summed E-state index contributed by atoms with van der Waals surface area (Å²) < 4.78 is 1.95. The van der Waals surface area contributed by atoms with Gasteiger partial charge in [0, 0.05) is 34.5 Å². The third kappa shape index (κ3) is 4.74. The van der Waals surface area contributed by atoms with E-state index in [0.717, 1.165) is 56.3 Å². The first kappa shape index (κ1) is 23.8. The third-order valence-corrected chi connectivity index (χ3v) is 9.30. The minimum absolute atomic E-state index is 0.219. The summed E-state index contributed by atoms with van der Waals surface area (Å²) in [5, 5.41) is 5.39. The molecular weight excluding hydrogens is 574 g/mol. The molecule has 4 nitrogen and oxygen atoms in total. The number of halogens is 2. The van der Waals surface area contributed by atoms with E-state index >= 15 is 0 Å². The van der Waals surface area contributed by atoms with Crippen molar-refractivity contribution in [3.8, 4) is 10.6 Å². The van der Waals surface area contributed by atoms with E-state index in [4.69, 9.17) is 16.6 Å². The van der Waals surface area contributed by atoms with Gasteiger partial charge in [-0.3, -0.25) is 9.69 Å². The van der Waals surface area contributed by atoms with Gasteiger partial charge in [0.2, 0.25) is 0 Å². The number of carbonyl (C=O) groups excluding carboxylic acids is 1. The lowest BCUT2D eigenvalue weighted by Crippen LogP contribution is -2.29. The van der Waals surface area contributed by atoms with Crippen molar-refractivity contribution in [1.29, 1.82) is 0 Å². The molecule has 0 spiro atoms. The molecule has 6 rings (SSSR count). The Morgan fingerprint density at radius 2 is 1.86 bits per heavy atom. The van der Waals surface area contributed by atoms with Gasteiger partial charge in [-0.2, -0.15) is 0 Å². The van der Waals surface area contributed by atoms with Crippen LogP contribution in [0.1, 0.15) is 26.4 Å². The molecule has 36 heavy (non-hydrogen) atoms. The van der Waals surface area contributed by atoms with Crippen molar-refractivity contribution in [1.82, 2.24) is 9.88 Å². The molecule has 1 aliphatic heterocycles. The van der Waals surface area contributed by atoms with Crippen LogP contribution in [0.25, 0.3) is 20.8 Å². The topological polar surface area (TPSA) is 45.2 Å². The summed E-state index contributed by atoms with van der Waals surface area (Å²) in [6.45, 7) is 2.71. The monoisotopic (exact) mass is 593 g/mol. The molecule has 0 saturated heterocycles. The second-order valence-electron chi connectivity index (χ2n) is 8.72. The normalized spacial score (nSPS) is 13.6. The van der Waals surface area contributed by atoms with E-state index in [1.165, 1.54) is 16.0 Å². The van der Waals surface area contributed by atoms with E-state index in [9.17, 15) is 4.79 Å². The molecule has 180 valence electrons. The molecule has 0 saturated carbocycles. The Morgan fingerprint density at radius 3 is 2.69 bits per heavy atom. The highest BCUT2D eigenvalue weighted by Gasteiger charge is 2.28. The van der Waals surface area contributed by atoms with Crippen LogP contribution in [0, 0.1) is 0 Å². The summed E-state index contributed by atoms with van der Waals surface area (Å²) in [5.74, 6) is -0.219. The molecule has 0 atom stereocenters. The molecule has 0 bridgehead atoms. The molecule has 0 aliphatic carbocycles. The van der Waals surface area contributed by atoms with E-state index in [1.807, 2.05) is 30.3 Å². The van der Waals surface area contributed by atoms with Crippen LogP contribution in [0.2, 0.25) is 5.02 Å². The van der Waals surface area contributed by atoms with Crippen LogP contribution >= 0.6 is 50.2 Å². The van der Waals surface area contributed by atoms with Crippen LogP contribution in [0.3, 0.4) is 0 Å². The SMILES string of the molecule is O=C(Nc1sc2c(c1-c1nc3ccccc3s1)CCN(Cc1ccccc1)C2)c1cc(Br)ccc1Cl. The quantitative estimate of drug-likeness (QED) is 0.223. The van der Waals surface area contributed by atoms with Crippen LogP contribution < -0.4 is 5.32 Å². The highest BCUT2D eigenvalue weighted by Crippen LogP contribution is 2.46. The van der Waals surface area contributed by atoms with E-state index in [1.54, 1.807) is 34.8 Å². The van der Waals surface area contributed by atoms with Crippen molar-refractivity contribution >= 4 is 71.3 Å². The Balaban J connectivity index is 1.38. The van der Waals surface area contributed by atoms with Crippen molar-refractivity contribution in [2.45, 2.75) is 19.5 Å². The van der Waals surface area contributed by atoms with E-state index in [2.05, 4.69) is 56.5 Å². The Bertz CT molecular complexity index is 1550. The van der Waals surface area contributed by atoms with Gasteiger partial charge in [0.05, 0.1) is 20.8 Å². The number of rotatable bonds is 5. The molecule has 0 fully saturated rings. The molecule has 1 aliphatic rings. The van der Waals surface area contributed by atoms with Gasteiger partial charge in [-0.05, 0) is 47.9 Å². The fourth-order valence-electron chi connectivity index (χ4n) is 4.57. The molecule has 0 unspecified atom stereocenters. The summed E-state index contributed by atoms with van der Waals surface area (Å²) in [6.07, 6.45) is 0.914. The zero-order valence-corrected chi connectivity index (χ0v) is 23.1. The van der Waals surface area contributed by atoms with Crippen LogP contribution in [0.4, 0.5) is 5.00 Å². The smallest absolute Gasteiger partial charge is 0.257 e. The number of thiazole rings is 1. The molecule has 8 heteroatoms. The molecule has 1 amide bonds. The number of nitrogens with zero attached hydrogens (tertiary/aromatic N) is 2. The van der Waals surface area contributed by atoms with Gasteiger partial charge in [-0.25, -0.2) is 4.98 Å². The van der Waals surface area contributed by atoms with Gasteiger partial charge >= 0.3 is 0 Å². The number of nitrogens with one attached hydrogen (secondary N) is 1. The number of para-hydroxylation sites is 1. The fourth-order valence-corrected chi connectivity index (χ4v) is 7.53. The van der Waals surface area contributed by atoms with E-state index in [0.29, 0.717) is 10.6 Å². The molecule has 1 N–H and O–H groups in total. The highest BCUT2D eigenvalue weighted by molar-refractivity contribution is 9.10. The molecule has 3 aromatic carbocycles. The largest absolute Gasteiger partial charge is 0.313 e. The molecule has 3 heterocycles. The van der Waals surface area contributed by atoms with Crippen molar-refractivity contribution in [2.24, 2.45) is 0 Å². The van der Waals surface area contributed by atoms with Crippen LogP contribution in [0.5, 0.6) is 0 Å². The van der Waals surface area contributed by atoms with Crippen LogP contribution in [0.15, 0.2) is 77.3 Å². The maximum absolute atomic E-state index is 13.3. The third-order valence-electron chi connectivity index (χ3n) is 6.29. The standard InChI is InChI=1S/C28H21BrClN3OS2/c29-18-10-11-21(30)20(14-18)26(34)32-28-25(27-31-22-8-4-5-9-23(22)35-27)19-12-13-33(16-24(19)36-28)15-17-6-2-1-3-7-17/h1-11,14H,12-13,15-16H2,(H,32,34). The summed E-state index contributed by atoms with van der Waals surface area (Å²) in [5.41, 5.74) is 5.07. The Labute approximate surface area is 230 Å². The zero-order valence-electron chi connectivity index (χ0n) is 19.1. The van der Waals surface area contributed by atoms with Gasteiger partial charge in [0.15, 0.2) is 0 Å². The predicted octanol–water partition coefficient (Wildman–Crippen LogP) is 8.25. The van der Waals surface area contributed by atoms with Crippen molar-refractivity contribution in [3.05, 3.63) is 104 Å². The van der Waals surface area contributed by atoms with Gasteiger partial charge in [-0.1, -0.05) is 70.0 Å². The number of aromatic nitrogens is 1. The number of amides is 1. The maximum Gasteiger partial charge on any atom is 0.257 e. The lowest BCUT2D eigenvalue weighted by molar-refractivity contribution is 0.102. The number of benzene rings is 3. The van der Waals surface area contributed by atoms with Crippen molar-refractivity contribution in [2.75, 3.05) is 11.9 Å². The van der Waals surface area contributed by atoms with E-state index < -0.39 is 0 Å². The number of anilines is 1. The predicted molar refractivity (Wildman–Crippen MR) is 154 cm³/mol. The first-order valence-corrected chi connectivity index (χ1v) is 14.4. The molecule has 2 aromatic heterocycles. The van der Waals surface area contributed by atoms with Crippen LogP contribution in [-0.4, -0.2) is 22.3 Å². The van der Waals surface area contributed by atoms with Gasteiger partial charge < -0.3 is 5.32 Å². The van der Waals surface area contributed by atoms with Crippen LogP contribution in [-0.2, 0) is 19.5 Å². The first-order valence-electron chi connectivity index (χ1n) is 11.6. The second-order valence-corrected chi connectivity index (χ2v) is 12.2. The molecule has 5 aromatic rings. The number of hydrogen-bond acceptors (Lipinski definition) is 5. The number of hydrogen-bond donors (Lipinski definition) is 1. The Hall–Kier alpha value is -2.55. The molecule has 0 radical (unpaired) electrons. The van der Waals surface area contributed by atoms with Gasteiger partial charge in [0.1, 0.15) is 10.0 Å². The summed E-state index contributed by atoms with van der Waals surface area (Å²) >= 11 is 13.1. The minimum atomic E-state index is -0.219. The highest BCUT2D eigenvalue weighted by atomic mass is 79.9. The Morgan fingerprint density at radius 1 is 1.06 bits per heavy atom. The lowest BCUT2D eigenvalue weighted by atomic mass is 10.0. The molecular formula is C28H21BrClN3OS2. The number of carbonyl (C=O) groups is 1. The average molecular weight is 595 g/mol. The summed E-state index contributed by atoms with van der Waals surface area (Å²) in [6, 6.07) is 24.1. The fraction of sp³-hybridized carbons (Fsp3) is 0.143. The summed E-state index contributed by atoms with van der Waals surface area (Å²) in [7, 11) is 0.